The van der Waals surface area contributed by atoms with E-state index in [2.05, 4.69) is 24.1 Å². The molecule has 0 aromatic carbocycles. The molecule has 0 bridgehead atoms. The number of likely N-dealkylation sites (tertiary alicyclic amines) is 1. The predicted molar refractivity (Wildman–Crippen MR) is 87.9 cm³/mol. The van der Waals surface area contributed by atoms with Gasteiger partial charge in [0.15, 0.2) is 0 Å². The fourth-order valence-corrected chi connectivity index (χ4v) is 3.33. The molecule has 0 radical (unpaired) electrons. The van der Waals surface area contributed by atoms with Gasteiger partial charge in [0, 0.05) is 25.6 Å². The molecule has 22 heavy (non-hydrogen) atoms. The first-order valence-electron chi connectivity index (χ1n) is 7.96. The number of rotatable bonds is 5. The third kappa shape index (κ3) is 4.53. The monoisotopic (exact) mass is 323 g/mol. The molecule has 0 saturated carbocycles. The van der Waals surface area contributed by atoms with Crippen molar-refractivity contribution in [3.05, 3.63) is 16.1 Å². The molecule has 0 unspecified atom stereocenters. The van der Waals surface area contributed by atoms with Crippen LogP contribution in [0.5, 0.6) is 0 Å². The number of carbonyl (C=O) groups is 2. The Morgan fingerprint density at radius 2 is 2.09 bits per heavy atom. The molecule has 0 spiro atoms. The number of piperidine rings is 1. The number of amides is 2. The van der Waals surface area contributed by atoms with Crippen LogP contribution in [0, 0.1) is 18.8 Å². The second-order valence-corrected chi connectivity index (χ2v) is 7.52. The van der Waals surface area contributed by atoms with Crippen molar-refractivity contribution >= 4 is 23.2 Å². The lowest BCUT2D eigenvalue weighted by atomic mass is 9.95. The van der Waals surface area contributed by atoms with Gasteiger partial charge >= 0.3 is 0 Å². The van der Waals surface area contributed by atoms with E-state index in [1.165, 1.54) is 11.3 Å². The Kier molecular flexibility index (Phi) is 5.94. The fraction of sp³-hybridized carbons (Fsp3) is 0.688. The zero-order valence-corrected chi connectivity index (χ0v) is 14.4. The van der Waals surface area contributed by atoms with Crippen molar-refractivity contribution in [3.8, 4) is 0 Å². The number of aromatic nitrogens is 1. The van der Waals surface area contributed by atoms with E-state index in [0.717, 1.165) is 30.8 Å². The maximum absolute atomic E-state index is 12.3. The summed E-state index contributed by atoms with van der Waals surface area (Å²) in [6, 6.07) is 0. The maximum Gasteiger partial charge on any atom is 0.265 e. The molecule has 1 saturated heterocycles. The van der Waals surface area contributed by atoms with E-state index in [1.54, 1.807) is 6.20 Å². The normalized spacial score (nSPS) is 16.1. The molecule has 1 aliphatic heterocycles. The lowest BCUT2D eigenvalue weighted by Crippen LogP contribution is -2.43. The van der Waals surface area contributed by atoms with E-state index in [1.807, 2.05) is 11.8 Å². The first-order chi connectivity index (χ1) is 10.5. The van der Waals surface area contributed by atoms with Crippen LogP contribution in [0.4, 0.5) is 0 Å². The van der Waals surface area contributed by atoms with Crippen LogP contribution >= 0.6 is 11.3 Å². The van der Waals surface area contributed by atoms with Gasteiger partial charge in [0.05, 0.1) is 11.2 Å². The third-order valence-electron chi connectivity index (χ3n) is 4.01. The van der Waals surface area contributed by atoms with Gasteiger partial charge in [0.25, 0.3) is 5.91 Å². The highest BCUT2D eigenvalue weighted by atomic mass is 32.1. The second kappa shape index (κ2) is 7.72. The minimum atomic E-state index is 0.0411. The van der Waals surface area contributed by atoms with Gasteiger partial charge in [0.2, 0.25) is 5.91 Å². The van der Waals surface area contributed by atoms with Gasteiger partial charge in [-0.3, -0.25) is 9.59 Å². The predicted octanol–water partition coefficient (Wildman–Crippen LogP) is 2.47. The van der Waals surface area contributed by atoms with Crippen LogP contribution in [0.15, 0.2) is 6.20 Å². The Labute approximate surface area is 136 Å². The average Bonchev–Trinajstić information content (AvgIpc) is 2.93. The van der Waals surface area contributed by atoms with Crippen molar-refractivity contribution in [1.82, 2.24) is 15.2 Å². The number of hydrogen-bond acceptors (Lipinski definition) is 4. The molecule has 1 fully saturated rings. The van der Waals surface area contributed by atoms with Gasteiger partial charge in [-0.15, -0.1) is 11.3 Å². The maximum atomic E-state index is 12.3. The van der Waals surface area contributed by atoms with Gasteiger partial charge in [-0.05, 0) is 32.1 Å². The zero-order valence-electron chi connectivity index (χ0n) is 13.6. The van der Waals surface area contributed by atoms with Crippen LogP contribution in [0.25, 0.3) is 0 Å². The highest BCUT2D eigenvalue weighted by molar-refractivity contribution is 7.13. The van der Waals surface area contributed by atoms with Gasteiger partial charge in [0.1, 0.15) is 4.88 Å². The van der Waals surface area contributed by atoms with E-state index < -0.39 is 0 Å². The number of hydrogen-bond donors (Lipinski definition) is 1. The van der Waals surface area contributed by atoms with Crippen molar-refractivity contribution in [2.24, 2.45) is 11.8 Å². The van der Waals surface area contributed by atoms with Crippen LogP contribution in [-0.2, 0) is 4.79 Å². The Balaban J connectivity index is 1.77. The lowest BCUT2D eigenvalue weighted by Gasteiger charge is -2.31. The Morgan fingerprint density at radius 1 is 1.41 bits per heavy atom. The molecule has 0 atom stereocenters. The number of carbonyl (C=O) groups excluding carboxylic acids is 2. The highest BCUT2D eigenvalue weighted by Gasteiger charge is 2.28. The summed E-state index contributed by atoms with van der Waals surface area (Å²) in [5, 5.41) is 3.92. The molecule has 2 amide bonds. The molecular weight excluding hydrogens is 298 g/mol. The summed E-state index contributed by atoms with van der Waals surface area (Å²) < 4.78 is 0. The summed E-state index contributed by atoms with van der Waals surface area (Å²) >= 11 is 1.43. The molecule has 6 heteroatoms. The standard InChI is InChI=1S/C16H25N3O2S/c1-11(2)4-7-17-15(20)13-5-8-19(9-6-13)16(21)14-10-18-12(3)22-14/h10-11,13H,4-9H2,1-3H3,(H,17,20). The van der Waals surface area contributed by atoms with Crippen LogP contribution in [-0.4, -0.2) is 41.3 Å². The number of nitrogens with zero attached hydrogens (tertiary/aromatic N) is 2. The van der Waals surface area contributed by atoms with Gasteiger partial charge in [-0.1, -0.05) is 13.8 Å². The van der Waals surface area contributed by atoms with E-state index in [9.17, 15) is 9.59 Å². The summed E-state index contributed by atoms with van der Waals surface area (Å²) in [7, 11) is 0. The molecule has 122 valence electrons. The van der Waals surface area contributed by atoms with Gasteiger partial charge < -0.3 is 10.2 Å². The number of thiazole rings is 1. The van der Waals surface area contributed by atoms with Crippen LogP contribution in [0.1, 0.15) is 47.8 Å². The molecule has 5 nitrogen and oxygen atoms in total. The molecule has 0 aliphatic carbocycles. The van der Waals surface area contributed by atoms with Crippen molar-refractivity contribution in [3.63, 3.8) is 0 Å². The molecule has 1 N–H and O–H groups in total. The summed E-state index contributed by atoms with van der Waals surface area (Å²) in [6.07, 6.45) is 4.15. The molecular formula is C16H25N3O2S. The van der Waals surface area contributed by atoms with Crippen molar-refractivity contribution in [2.45, 2.75) is 40.0 Å². The lowest BCUT2D eigenvalue weighted by molar-refractivity contribution is -0.126. The summed E-state index contributed by atoms with van der Waals surface area (Å²) in [5.41, 5.74) is 0. The average molecular weight is 323 g/mol. The molecule has 1 aromatic heterocycles. The molecule has 2 rings (SSSR count). The van der Waals surface area contributed by atoms with Crippen molar-refractivity contribution in [1.29, 1.82) is 0 Å². The zero-order chi connectivity index (χ0) is 16.1. The first kappa shape index (κ1) is 16.9. The van der Waals surface area contributed by atoms with E-state index >= 15 is 0 Å². The second-order valence-electron chi connectivity index (χ2n) is 6.28. The molecule has 2 heterocycles. The topological polar surface area (TPSA) is 62.3 Å². The van der Waals surface area contributed by atoms with E-state index in [4.69, 9.17) is 0 Å². The Morgan fingerprint density at radius 3 is 2.64 bits per heavy atom. The third-order valence-corrected chi connectivity index (χ3v) is 4.91. The minimum Gasteiger partial charge on any atom is -0.356 e. The fourth-order valence-electron chi connectivity index (χ4n) is 2.59. The minimum absolute atomic E-state index is 0.0411. The van der Waals surface area contributed by atoms with E-state index in [0.29, 0.717) is 23.9 Å². The van der Waals surface area contributed by atoms with Gasteiger partial charge in [-0.25, -0.2) is 4.98 Å². The van der Waals surface area contributed by atoms with Crippen LogP contribution in [0.3, 0.4) is 0 Å². The number of aryl methyl sites for hydroxylation is 1. The van der Waals surface area contributed by atoms with Gasteiger partial charge in [-0.2, -0.15) is 0 Å². The molecule has 1 aromatic rings. The summed E-state index contributed by atoms with van der Waals surface area (Å²) in [6.45, 7) is 8.25. The van der Waals surface area contributed by atoms with Crippen LogP contribution in [0.2, 0.25) is 0 Å². The SMILES string of the molecule is Cc1ncc(C(=O)N2CCC(C(=O)NCCC(C)C)CC2)s1. The summed E-state index contributed by atoms with van der Waals surface area (Å²) in [5.74, 6) is 0.827. The number of nitrogens with one attached hydrogen (secondary N) is 1. The van der Waals surface area contributed by atoms with Crippen molar-refractivity contribution < 1.29 is 9.59 Å². The Hall–Kier alpha value is -1.43. The Bertz CT molecular complexity index is 519. The summed E-state index contributed by atoms with van der Waals surface area (Å²) in [4.78, 5) is 31.1. The quantitative estimate of drug-likeness (QED) is 0.905. The van der Waals surface area contributed by atoms with E-state index in [-0.39, 0.29) is 17.7 Å². The largest absolute Gasteiger partial charge is 0.356 e. The smallest absolute Gasteiger partial charge is 0.265 e. The van der Waals surface area contributed by atoms with Crippen LogP contribution < -0.4 is 5.32 Å². The molecule has 1 aliphatic rings. The highest BCUT2D eigenvalue weighted by Crippen LogP contribution is 2.21. The first-order valence-corrected chi connectivity index (χ1v) is 8.78. The van der Waals surface area contributed by atoms with Crippen molar-refractivity contribution in [2.75, 3.05) is 19.6 Å².